The Morgan fingerprint density at radius 3 is 2.61 bits per heavy atom. The Labute approximate surface area is 103 Å². The van der Waals surface area contributed by atoms with Crippen molar-refractivity contribution in [3.05, 3.63) is 29.6 Å². The third kappa shape index (κ3) is 1.79. The normalized spacial score (nSPS) is 19.3. The third-order valence-electron chi connectivity index (χ3n) is 3.72. The van der Waals surface area contributed by atoms with E-state index in [4.69, 9.17) is 5.73 Å². The highest BCUT2D eigenvalue weighted by Crippen LogP contribution is 2.34. The fourth-order valence-electron chi connectivity index (χ4n) is 2.70. The van der Waals surface area contributed by atoms with E-state index in [-0.39, 0.29) is 5.52 Å². The molecular weight excluding hydrogens is 236 g/mol. The number of fused-ring (bicyclic) bond motifs is 1. The summed E-state index contributed by atoms with van der Waals surface area (Å²) in [6.45, 7) is 0. The zero-order valence-electron chi connectivity index (χ0n) is 9.97. The largest absolute Gasteiger partial charge is 0.340 e. The first-order chi connectivity index (χ1) is 8.58. The fraction of sp³-hybridized carbons (Fsp3) is 0.462. The van der Waals surface area contributed by atoms with Crippen molar-refractivity contribution in [2.75, 3.05) is 0 Å². The van der Waals surface area contributed by atoms with Crippen LogP contribution in [0.4, 0.5) is 8.78 Å². The van der Waals surface area contributed by atoms with Crippen LogP contribution in [0.5, 0.6) is 0 Å². The zero-order valence-corrected chi connectivity index (χ0v) is 9.97. The van der Waals surface area contributed by atoms with E-state index in [0.29, 0.717) is 11.3 Å². The molecular formula is C13H15F2N3. The van der Waals surface area contributed by atoms with Gasteiger partial charge in [-0.15, -0.1) is 0 Å². The second kappa shape index (κ2) is 4.02. The molecule has 0 unspecified atom stereocenters. The lowest BCUT2D eigenvalue weighted by molar-refractivity contribution is 0.289. The Bertz CT molecular complexity index is 585. The van der Waals surface area contributed by atoms with Gasteiger partial charge in [-0.2, -0.15) is 0 Å². The SMILES string of the molecule is NC1(c2nc3c(F)cc(F)cc3[nH]2)CCCCC1. The first-order valence-electron chi connectivity index (χ1n) is 6.23. The van der Waals surface area contributed by atoms with Gasteiger partial charge in [0, 0.05) is 6.07 Å². The minimum Gasteiger partial charge on any atom is -0.340 e. The van der Waals surface area contributed by atoms with Gasteiger partial charge in [0.05, 0.1) is 11.1 Å². The van der Waals surface area contributed by atoms with E-state index < -0.39 is 17.2 Å². The van der Waals surface area contributed by atoms with Gasteiger partial charge in [0.15, 0.2) is 5.82 Å². The highest BCUT2D eigenvalue weighted by Gasteiger charge is 2.32. The number of aromatic amines is 1. The van der Waals surface area contributed by atoms with Gasteiger partial charge in [-0.25, -0.2) is 13.8 Å². The molecule has 3 nitrogen and oxygen atoms in total. The molecule has 1 aromatic carbocycles. The zero-order chi connectivity index (χ0) is 12.8. The van der Waals surface area contributed by atoms with Crippen molar-refractivity contribution in [2.24, 2.45) is 5.73 Å². The van der Waals surface area contributed by atoms with Crippen LogP contribution < -0.4 is 5.73 Å². The number of rotatable bonds is 1. The lowest BCUT2D eigenvalue weighted by atomic mass is 9.82. The Morgan fingerprint density at radius 2 is 1.89 bits per heavy atom. The summed E-state index contributed by atoms with van der Waals surface area (Å²) in [4.78, 5) is 7.20. The molecule has 3 rings (SSSR count). The predicted octanol–water partition coefficient (Wildman–Crippen LogP) is 2.96. The molecule has 0 amide bonds. The smallest absolute Gasteiger partial charge is 0.153 e. The molecule has 1 aliphatic rings. The van der Waals surface area contributed by atoms with Crippen molar-refractivity contribution in [3.63, 3.8) is 0 Å². The van der Waals surface area contributed by atoms with Crippen LogP contribution in [0.15, 0.2) is 12.1 Å². The van der Waals surface area contributed by atoms with Crippen molar-refractivity contribution in [3.8, 4) is 0 Å². The van der Waals surface area contributed by atoms with Crippen LogP contribution in [0.25, 0.3) is 11.0 Å². The maximum Gasteiger partial charge on any atom is 0.153 e. The summed E-state index contributed by atoms with van der Waals surface area (Å²) in [5.41, 5.74) is 6.34. The van der Waals surface area contributed by atoms with Crippen LogP contribution in [-0.4, -0.2) is 9.97 Å². The summed E-state index contributed by atoms with van der Waals surface area (Å²) in [6, 6.07) is 2.10. The summed E-state index contributed by atoms with van der Waals surface area (Å²) in [6.07, 6.45) is 4.92. The number of imidazole rings is 1. The number of nitrogens with zero attached hydrogens (tertiary/aromatic N) is 1. The average molecular weight is 251 g/mol. The quantitative estimate of drug-likeness (QED) is 0.818. The van der Waals surface area contributed by atoms with Crippen LogP contribution in [0.3, 0.4) is 0 Å². The van der Waals surface area contributed by atoms with E-state index in [1.807, 2.05) is 0 Å². The fourth-order valence-corrected chi connectivity index (χ4v) is 2.70. The van der Waals surface area contributed by atoms with Gasteiger partial charge in [0.1, 0.15) is 17.2 Å². The molecule has 1 heterocycles. The molecule has 0 spiro atoms. The van der Waals surface area contributed by atoms with Crippen LogP contribution in [0.2, 0.25) is 0 Å². The predicted molar refractivity (Wildman–Crippen MR) is 65.0 cm³/mol. The second-order valence-electron chi connectivity index (χ2n) is 5.09. The average Bonchev–Trinajstić information content (AvgIpc) is 2.74. The van der Waals surface area contributed by atoms with Gasteiger partial charge in [0.2, 0.25) is 0 Å². The molecule has 0 bridgehead atoms. The highest BCUT2D eigenvalue weighted by molar-refractivity contribution is 5.76. The first kappa shape index (κ1) is 11.6. The minimum atomic E-state index is -0.646. The van der Waals surface area contributed by atoms with E-state index >= 15 is 0 Å². The molecule has 0 aliphatic heterocycles. The van der Waals surface area contributed by atoms with Gasteiger partial charge in [0.25, 0.3) is 0 Å². The molecule has 96 valence electrons. The molecule has 18 heavy (non-hydrogen) atoms. The van der Waals surface area contributed by atoms with E-state index in [2.05, 4.69) is 9.97 Å². The Hall–Kier alpha value is -1.49. The van der Waals surface area contributed by atoms with Crippen molar-refractivity contribution in [1.29, 1.82) is 0 Å². The van der Waals surface area contributed by atoms with E-state index in [1.165, 1.54) is 12.5 Å². The third-order valence-corrected chi connectivity index (χ3v) is 3.72. The number of halogens is 2. The number of nitrogens with one attached hydrogen (secondary N) is 1. The molecule has 3 N–H and O–H groups in total. The highest BCUT2D eigenvalue weighted by atomic mass is 19.1. The Morgan fingerprint density at radius 1 is 1.17 bits per heavy atom. The van der Waals surface area contributed by atoms with E-state index in [1.54, 1.807) is 0 Å². The number of nitrogens with two attached hydrogens (primary N) is 1. The number of benzene rings is 1. The summed E-state index contributed by atoms with van der Waals surface area (Å²) in [5, 5.41) is 0. The molecule has 1 saturated carbocycles. The van der Waals surface area contributed by atoms with Crippen LogP contribution >= 0.6 is 0 Å². The van der Waals surface area contributed by atoms with Gasteiger partial charge in [-0.3, -0.25) is 0 Å². The summed E-state index contributed by atoms with van der Waals surface area (Å²) >= 11 is 0. The van der Waals surface area contributed by atoms with Crippen molar-refractivity contribution < 1.29 is 8.78 Å². The summed E-state index contributed by atoms with van der Waals surface area (Å²) < 4.78 is 26.7. The van der Waals surface area contributed by atoms with E-state index in [0.717, 1.165) is 31.7 Å². The molecule has 0 atom stereocenters. The van der Waals surface area contributed by atoms with E-state index in [9.17, 15) is 8.78 Å². The summed E-state index contributed by atoms with van der Waals surface area (Å²) in [7, 11) is 0. The molecule has 0 radical (unpaired) electrons. The first-order valence-corrected chi connectivity index (χ1v) is 6.23. The molecule has 1 aliphatic carbocycles. The van der Waals surface area contributed by atoms with Gasteiger partial charge in [-0.05, 0) is 18.9 Å². The molecule has 2 aromatic rings. The van der Waals surface area contributed by atoms with Crippen molar-refractivity contribution >= 4 is 11.0 Å². The molecule has 5 heteroatoms. The minimum absolute atomic E-state index is 0.168. The number of hydrogen-bond acceptors (Lipinski definition) is 2. The number of aromatic nitrogens is 2. The number of H-pyrrole nitrogens is 1. The van der Waals surface area contributed by atoms with Crippen LogP contribution in [-0.2, 0) is 5.54 Å². The standard InChI is InChI=1S/C13H15F2N3/c14-8-6-9(15)11-10(7-8)17-12(18-11)13(16)4-2-1-3-5-13/h6-7H,1-5,16H2,(H,17,18). The topological polar surface area (TPSA) is 54.7 Å². The van der Waals surface area contributed by atoms with Crippen molar-refractivity contribution in [1.82, 2.24) is 9.97 Å². The Kier molecular flexibility index (Phi) is 2.59. The molecule has 1 aromatic heterocycles. The maximum absolute atomic E-state index is 13.6. The molecule has 0 saturated heterocycles. The van der Waals surface area contributed by atoms with Crippen LogP contribution in [0.1, 0.15) is 37.9 Å². The monoisotopic (exact) mass is 251 g/mol. The summed E-state index contributed by atoms with van der Waals surface area (Å²) in [5.74, 6) is -0.682. The second-order valence-corrected chi connectivity index (χ2v) is 5.09. The lowest BCUT2D eigenvalue weighted by Crippen LogP contribution is -2.39. The van der Waals surface area contributed by atoms with Gasteiger partial charge < -0.3 is 10.7 Å². The number of hydrogen-bond donors (Lipinski definition) is 2. The van der Waals surface area contributed by atoms with Gasteiger partial charge >= 0.3 is 0 Å². The maximum atomic E-state index is 13.6. The van der Waals surface area contributed by atoms with Gasteiger partial charge in [-0.1, -0.05) is 19.3 Å². The Balaban J connectivity index is 2.10. The molecule has 1 fully saturated rings. The van der Waals surface area contributed by atoms with Crippen molar-refractivity contribution in [2.45, 2.75) is 37.6 Å². The van der Waals surface area contributed by atoms with Crippen LogP contribution in [0, 0.1) is 11.6 Å². The lowest BCUT2D eigenvalue weighted by Gasteiger charge is -2.31.